The van der Waals surface area contributed by atoms with E-state index in [1.54, 1.807) is 6.08 Å². The van der Waals surface area contributed by atoms with Gasteiger partial charge < -0.3 is 89.9 Å². The first-order valence-corrected chi connectivity index (χ1v) is 43.9. The van der Waals surface area contributed by atoms with Gasteiger partial charge in [-0.2, -0.15) is 0 Å². The third-order valence-electron chi connectivity index (χ3n) is 22.3. The molecule has 3 fully saturated rings. The van der Waals surface area contributed by atoms with Crippen LogP contribution in [0.15, 0.2) is 12.2 Å². The number of aliphatic hydroxyl groups is 11. The number of allylic oxidation sites excluding steroid dienone is 1. The lowest BCUT2D eigenvalue weighted by Gasteiger charge is -2.48. The van der Waals surface area contributed by atoms with Gasteiger partial charge >= 0.3 is 0 Å². The van der Waals surface area contributed by atoms with Crippen molar-refractivity contribution in [1.82, 2.24) is 5.32 Å². The van der Waals surface area contributed by atoms with Gasteiger partial charge in [-0.25, -0.2) is 0 Å². The van der Waals surface area contributed by atoms with E-state index >= 15 is 0 Å². The van der Waals surface area contributed by atoms with Crippen LogP contribution in [-0.2, 0) is 33.2 Å². The highest BCUT2D eigenvalue weighted by Crippen LogP contribution is 2.34. The molecule has 0 saturated carbocycles. The summed E-state index contributed by atoms with van der Waals surface area (Å²) in [5, 5.41) is 121. The van der Waals surface area contributed by atoms with Gasteiger partial charge in [0.25, 0.3) is 0 Å². The third kappa shape index (κ3) is 45.1. The smallest absolute Gasteiger partial charge is 0.220 e. The van der Waals surface area contributed by atoms with E-state index in [2.05, 4.69) is 19.2 Å². The number of carbonyl (C=O) groups excluding carboxylic acids is 1. The van der Waals surface area contributed by atoms with E-state index in [0.29, 0.717) is 6.42 Å². The second kappa shape index (κ2) is 66.2. The van der Waals surface area contributed by atoms with Gasteiger partial charge in [-0.1, -0.05) is 379 Å². The van der Waals surface area contributed by atoms with Gasteiger partial charge in [0.2, 0.25) is 5.91 Å². The topological polar surface area (TPSA) is 307 Å². The van der Waals surface area contributed by atoms with E-state index in [1.165, 1.54) is 321 Å². The Morgan fingerprint density at radius 2 is 0.596 bits per heavy atom. The minimum Gasteiger partial charge on any atom is -0.394 e. The maximum absolute atomic E-state index is 13.5. The predicted molar refractivity (Wildman–Crippen MR) is 416 cm³/mol. The van der Waals surface area contributed by atoms with E-state index in [-0.39, 0.29) is 18.9 Å². The lowest BCUT2D eigenvalue weighted by Crippen LogP contribution is -2.66. The second-order valence-electron chi connectivity index (χ2n) is 31.7. The van der Waals surface area contributed by atoms with Crippen LogP contribution in [0.4, 0.5) is 0 Å². The summed E-state index contributed by atoms with van der Waals surface area (Å²) in [4.78, 5) is 13.5. The molecular weight excluding hydrogens is 1320 g/mol. The first-order valence-electron chi connectivity index (χ1n) is 43.9. The van der Waals surface area contributed by atoms with E-state index < -0.39 is 124 Å². The molecule has 3 aliphatic rings. The molecule has 19 heteroatoms. The number of amides is 1. The Balaban J connectivity index is 1.34. The largest absolute Gasteiger partial charge is 0.394 e. The quantitative estimate of drug-likeness (QED) is 0.0199. The monoisotopic (exact) mass is 1490 g/mol. The fourth-order valence-corrected chi connectivity index (χ4v) is 15.3. The maximum Gasteiger partial charge on any atom is 0.220 e. The lowest BCUT2D eigenvalue weighted by molar-refractivity contribution is -0.379. The van der Waals surface area contributed by atoms with Crippen molar-refractivity contribution in [3.63, 3.8) is 0 Å². The van der Waals surface area contributed by atoms with Crippen LogP contribution in [0.3, 0.4) is 0 Å². The minimum atomic E-state index is -1.98. The third-order valence-corrected chi connectivity index (χ3v) is 22.3. The fraction of sp³-hybridized carbons (Fsp3) is 0.965. The van der Waals surface area contributed by atoms with Crippen LogP contribution in [0.25, 0.3) is 0 Å². The number of hydrogen-bond acceptors (Lipinski definition) is 18. The standard InChI is InChI=1S/C85H163NO18/c1-3-5-7-9-11-13-15-17-19-21-23-25-27-29-31-33-34-35-36-38-40-42-44-46-48-50-52-54-56-58-60-62-69(90)68(86-73(91)63-61-59-57-55-53-51-49-47-45-43-41-39-37-32-30-28-26-24-22-20-18-16-14-12-10-8-6-4-2)67-99-83-79(97)76(94)81(71(65-88)101-83)104-85-80(98)77(95)82(72(66-89)102-85)103-84-78(96)75(93)74(92)70(64-87)100-84/h60,62,68-72,74-85,87-90,92-98H,3-59,61,63-67H2,1-2H3,(H,86,91)/b62-60+. The average molecular weight is 1490 g/mol. The molecule has 3 rings (SSSR count). The van der Waals surface area contributed by atoms with Crippen LogP contribution in [-0.4, -0.2) is 193 Å². The molecule has 12 N–H and O–H groups in total. The molecule has 3 saturated heterocycles. The average Bonchev–Trinajstić information content (AvgIpc) is 0.781. The number of hydrogen-bond donors (Lipinski definition) is 12. The van der Waals surface area contributed by atoms with Gasteiger partial charge in [0.1, 0.15) is 73.2 Å². The molecule has 104 heavy (non-hydrogen) atoms. The van der Waals surface area contributed by atoms with Crippen LogP contribution in [0.2, 0.25) is 0 Å². The Hall–Kier alpha value is -1.47. The molecule has 0 aliphatic carbocycles. The van der Waals surface area contributed by atoms with Crippen molar-refractivity contribution in [3.05, 3.63) is 12.2 Å². The van der Waals surface area contributed by atoms with Crippen molar-refractivity contribution in [2.75, 3.05) is 26.4 Å². The highest BCUT2D eigenvalue weighted by Gasteiger charge is 2.54. The molecule has 0 radical (unpaired) electrons. The second-order valence-corrected chi connectivity index (χ2v) is 31.7. The number of rotatable bonds is 72. The molecular formula is C85H163NO18. The summed E-state index contributed by atoms with van der Waals surface area (Å²) in [6.07, 6.45) is 53.6. The molecule has 0 aromatic carbocycles. The molecule has 0 aromatic rings. The van der Waals surface area contributed by atoms with Crippen molar-refractivity contribution in [3.8, 4) is 0 Å². The molecule has 1 amide bonds. The van der Waals surface area contributed by atoms with Gasteiger partial charge in [0.05, 0.1) is 38.6 Å². The summed E-state index contributed by atoms with van der Waals surface area (Å²) in [6.45, 7) is 1.82. The van der Waals surface area contributed by atoms with Crippen LogP contribution in [0.1, 0.15) is 393 Å². The molecule has 3 aliphatic heterocycles. The molecule has 17 unspecified atom stereocenters. The Labute approximate surface area is 633 Å². The molecule has 17 atom stereocenters. The fourth-order valence-electron chi connectivity index (χ4n) is 15.3. The van der Waals surface area contributed by atoms with E-state index in [9.17, 15) is 61.0 Å². The predicted octanol–water partition coefficient (Wildman–Crippen LogP) is 15.9. The van der Waals surface area contributed by atoms with Crippen LogP contribution in [0.5, 0.6) is 0 Å². The molecule has 0 spiro atoms. The summed E-state index contributed by atoms with van der Waals surface area (Å²) in [5.41, 5.74) is 0. The minimum absolute atomic E-state index is 0.250. The lowest BCUT2D eigenvalue weighted by atomic mass is 9.96. The van der Waals surface area contributed by atoms with Gasteiger partial charge in [0.15, 0.2) is 18.9 Å². The van der Waals surface area contributed by atoms with Gasteiger partial charge in [-0.05, 0) is 19.3 Å². The number of carbonyl (C=O) groups is 1. The van der Waals surface area contributed by atoms with Crippen molar-refractivity contribution < 1.29 is 89.4 Å². The van der Waals surface area contributed by atoms with Crippen molar-refractivity contribution >= 4 is 5.91 Å². The number of ether oxygens (including phenoxy) is 6. The van der Waals surface area contributed by atoms with Crippen LogP contribution in [0, 0.1) is 0 Å². The number of aliphatic hydroxyl groups excluding tert-OH is 11. The zero-order chi connectivity index (χ0) is 75.3. The van der Waals surface area contributed by atoms with Crippen LogP contribution < -0.4 is 5.32 Å². The molecule has 0 bridgehead atoms. The highest BCUT2D eigenvalue weighted by molar-refractivity contribution is 5.76. The van der Waals surface area contributed by atoms with E-state index in [4.69, 9.17) is 28.4 Å². The highest BCUT2D eigenvalue weighted by atomic mass is 16.8. The molecule has 19 nitrogen and oxygen atoms in total. The van der Waals surface area contributed by atoms with Gasteiger partial charge in [-0.15, -0.1) is 0 Å². The summed E-state index contributed by atoms with van der Waals surface area (Å²) < 4.78 is 34.5. The van der Waals surface area contributed by atoms with Crippen LogP contribution >= 0.6 is 0 Å². The van der Waals surface area contributed by atoms with Crippen molar-refractivity contribution in [1.29, 1.82) is 0 Å². The SMILES string of the molecule is CCCCCCCCCCCCCCCCCCCCCCCCCCCCCCC/C=C/C(O)C(COC1OC(CO)C(OC2OC(CO)C(OC3OC(CO)C(O)C(O)C3O)C(O)C2O)C(O)C1O)NC(=O)CCCCCCCCCCCCCCCCCCCCCCCCCCCCCC. The molecule has 3 heterocycles. The summed E-state index contributed by atoms with van der Waals surface area (Å²) in [6, 6.07) is -0.971. The Bertz CT molecular complexity index is 1920. The number of unbranched alkanes of at least 4 members (excludes halogenated alkanes) is 56. The normalized spacial score (nSPS) is 25.9. The van der Waals surface area contributed by atoms with E-state index in [0.717, 1.165) is 44.9 Å². The first kappa shape index (κ1) is 96.7. The maximum atomic E-state index is 13.5. The van der Waals surface area contributed by atoms with Gasteiger partial charge in [-0.3, -0.25) is 4.79 Å². The molecule has 616 valence electrons. The summed E-state index contributed by atoms with van der Waals surface area (Å²) >= 11 is 0. The zero-order valence-electron chi connectivity index (χ0n) is 66.3. The first-order chi connectivity index (χ1) is 50.8. The Kier molecular flexibility index (Phi) is 61.5. The van der Waals surface area contributed by atoms with Gasteiger partial charge in [0, 0.05) is 6.42 Å². The van der Waals surface area contributed by atoms with Crippen molar-refractivity contribution in [2.45, 2.75) is 497 Å². The van der Waals surface area contributed by atoms with E-state index in [1.807, 2.05) is 6.08 Å². The summed E-state index contributed by atoms with van der Waals surface area (Å²) in [5.74, 6) is -0.265. The Morgan fingerprint density at radius 1 is 0.337 bits per heavy atom. The molecule has 0 aromatic heterocycles. The Morgan fingerprint density at radius 3 is 0.904 bits per heavy atom. The van der Waals surface area contributed by atoms with Crippen molar-refractivity contribution in [2.24, 2.45) is 0 Å². The number of nitrogens with one attached hydrogen (secondary N) is 1. The summed E-state index contributed by atoms with van der Waals surface area (Å²) in [7, 11) is 0. The zero-order valence-corrected chi connectivity index (χ0v) is 66.3.